The van der Waals surface area contributed by atoms with Crippen LogP contribution in [0.4, 0.5) is 4.79 Å². The van der Waals surface area contributed by atoms with Gasteiger partial charge in [0.15, 0.2) is 0 Å². The third kappa shape index (κ3) is 2.53. The fourth-order valence-electron chi connectivity index (χ4n) is 1.92. The normalized spacial score (nSPS) is 11.1. The largest absolute Gasteiger partial charge is 0.342 e. The first kappa shape index (κ1) is 12.6. The van der Waals surface area contributed by atoms with Gasteiger partial charge in [-0.2, -0.15) is 9.78 Å². The van der Waals surface area contributed by atoms with Crippen molar-refractivity contribution in [3.05, 3.63) is 30.0 Å². The molecule has 4 heteroatoms. The number of rotatable bonds is 3. The number of aryl methyl sites for hydroxylation is 1. The molecule has 1 heterocycles. The van der Waals surface area contributed by atoms with Gasteiger partial charge in [-0.25, -0.2) is 4.79 Å². The second-order valence-electron chi connectivity index (χ2n) is 4.93. The molecule has 1 N–H and O–H groups in total. The molecule has 1 aromatic heterocycles. The lowest BCUT2D eigenvalue weighted by molar-refractivity contribution is 0.240. The number of nitrogens with one attached hydrogen (secondary N) is 1. The molecule has 2 aromatic rings. The number of hydrogen-bond donors (Lipinski definition) is 1. The molecule has 96 valence electrons. The molecular formula is C14H19N3O. The topological polar surface area (TPSA) is 46.9 Å². The number of hydrogen-bond acceptors (Lipinski definition) is 2. The molecule has 0 unspecified atom stereocenters. The smallest absolute Gasteiger partial charge is 0.336 e. The number of para-hydroxylation sites is 1. The Morgan fingerprint density at radius 1 is 1.39 bits per heavy atom. The predicted octanol–water partition coefficient (Wildman–Crippen LogP) is 2.95. The molecule has 0 saturated carbocycles. The van der Waals surface area contributed by atoms with Crippen LogP contribution in [0.3, 0.4) is 0 Å². The maximum atomic E-state index is 12.0. The Balaban J connectivity index is 2.18. The summed E-state index contributed by atoms with van der Waals surface area (Å²) in [6.07, 6.45) is 0.976. The maximum absolute atomic E-state index is 12.0. The van der Waals surface area contributed by atoms with Gasteiger partial charge in [0.25, 0.3) is 0 Å². The first-order valence-corrected chi connectivity index (χ1v) is 6.32. The average molecular weight is 245 g/mol. The molecule has 0 aliphatic carbocycles. The number of aromatic nitrogens is 2. The van der Waals surface area contributed by atoms with Gasteiger partial charge in [-0.05, 0) is 25.3 Å². The standard InChI is InChI=1S/C14H19N3O/c1-10(2)8-9-15-14(18)17-13-7-5-4-6-12(13)11(3)16-17/h4-7,10H,8-9H2,1-3H3,(H,15,18). The van der Waals surface area contributed by atoms with Gasteiger partial charge in [0.05, 0.1) is 11.2 Å². The number of nitrogens with zero attached hydrogens (tertiary/aromatic N) is 2. The Kier molecular flexibility index (Phi) is 3.65. The van der Waals surface area contributed by atoms with Gasteiger partial charge >= 0.3 is 6.03 Å². The van der Waals surface area contributed by atoms with Gasteiger partial charge in [-0.1, -0.05) is 32.0 Å². The Bertz CT molecular complexity index is 557. The van der Waals surface area contributed by atoms with Gasteiger partial charge in [0.1, 0.15) is 0 Å². The quantitative estimate of drug-likeness (QED) is 0.903. The van der Waals surface area contributed by atoms with Gasteiger partial charge in [-0.15, -0.1) is 0 Å². The molecular weight excluding hydrogens is 226 g/mol. The minimum Gasteiger partial charge on any atom is -0.336 e. The minimum atomic E-state index is -0.153. The van der Waals surface area contributed by atoms with Crippen LogP contribution in [0.2, 0.25) is 0 Å². The molecule has 0 spiro atoms. The Morgan fingerprint density at radius 3 is 2.83 bits per heavy atom. The van der Waals surface area contributed by atoms with Crippen molar-refractivity contribution in [2.75, 3.05) is 6.54 Å². The summed E-state index contributed by atoms with van der Waals surface area (Å²) in [5, 5.41) is 8.21. The Labute approximate surface area is 107 Å². The van der Waals surface area contributed by atoms with Crippen LogP contribution >= 0.6 is 0 Å². The summed E-state index contributed by atoms with van der Waals surface area (Å²) in [5.74, 6) is 0.585. The highest BCUT2D eigenvalue weighted by Gasteiger charge is 2.12. The van der Waals surface area contributed by atoms with Crippen molar-refractivity contribution in [1.29, 1.82) is 0 Å². The van der Waals surface area contributed by atoms with Crippen molar-refractivity contribution < 1.29 is 4.79 Å². The van der Waals surface area contributed by atoms with Crippen molar-refractivity contribution in [2.45, 2.75) is 27.2 Å². The average Bonchev–Trinajstić information content (AvgIpc) is 2.67. The van der Waals surface area contributed by atoms with Crippen LogP contribution in [0.25, 0.3) is 10.9 Å². The molecule has 0 atom stereocenters. The summed E-state index contributed by atoms with van der Waals surface area (Å²) in [6, 6.07) is 7.62. The number of carbonyl (C=O) groups is 1. The van der Waals surface area contributed by atoms with Gasteiger partial charge in [0.2, 0.25) is 0 Å². The third-order valence-corrected chi connectivity index (χ3v) is 2.96. The SMILES string of the molecule is Cc1nn(C(=O)NCCC(C)C)c2ccccc12. The molecule has 1 aromatic carbocycles. The van der Waals surface area contributed by atoms with E-state index in [1.54, 1.807) is 0 Å². The molecule has 4 nitrogen and oxygen atoms in total. The van der Waals surface area contributed by atoms with Crippen LogP contribution in [-0.2, 0) is 0 Å². The molecule has 0 aliphatic heterocycles. The van der Waals surface area contributed by atoms with E-state index in [1.807, 2.05) is 31.2 Å². The van der Waals surface area contributed by atoms with Gasteiger partial charge < -0.3 is 5.32 Å². The monoisotopic (exact) mass is 245 g/mol. The van der Waals surface area contributed by atoms with E-state index < -0.39 is 0 Å². The highest BCUT2D eigenvalue weighted by atomic mass is 16.2. The van der Waals surface area contributed by atoms with Crippen molar-refractivity contribution in [1.82, 2.24) is 15.1 Å². The van der Waals surface area contributed by atoms with Crippen LogP contribution in [0, 0.1) is 12.8 Å². The number of amides is 1. The predicted molar refractivity (Wildman–Crippen MR) is 72.7 cm³/mol. The Morgan fingerprint density at radius 2 is 2.11 bits per heavy atom. The van der Waals surface area contributed by atoms with Crippen LogP contribution in [0.1, 0.15) is 26.0 Å². The van der Waals surface area contributed by atoms with Crippen molar-refractivity contribution in [3.8, 4) is 0 Å². The molecule has 1 amide bonds. The van der Waals surface area contributed by atoms with E-state index >= 15 is 0 Å². The lowest BCUT2D eigenvalue weighted by atomic mass is 10.1. The van der Waals surface area contributed by atoms with Crippen LogP contribution in [0.5, 0.6) is 0 Å². The van der Waals surface area contributed by atoms with Crippen LogP contribution in [-0.4, -0.2) is 22.4 Å². The van der Waals surface area contributed by atoms with E-state index in [1.165, 1.54) is 4.68 Å². The second kappa shape index (κ2) is 5.21. The Hall–Kier alpha value is -1.84. The zero-order valence-corrected chi connectivity index (χ0v) is 11.1. The van der Waals surface area contributed by atoms with Gasteiger partial charge in [-0.3, -0.25) is 0 Å². The van der Waals surface area contributed by atoms with E-state index in [0.717, 1.165) is 23.0 Å². The van der Waals surface area contributed by atoms with E-state index in [2.05, 4.69) is 24.3 Å². The highest BCUT2D eigenvalue weighted by molar-refractivity contribution is 5.91. The van der Waals surface area contributed by atoms with Crippen molar-refractivity contribution in [2.24, 2.45) is 5.92 Å². The molecule has 18 heavy (non-hydrogen) atoms. The summed E-state index contributed by atoms with van der Waals surface area (Å²) < 4.78 is 1.45. The lowest BCUT2D eigenvalue weighted by Gasteiger charge is -2.07. The van der Waals surface area contributed by atoms with Crippen LogP contribution < -0.4 is 5.32 Å². The lowest BCUT2D eigenvalue weighted by Crippen LogP contribution is -2.30. The van der Waals surface area contributed by atoms with Crippen molar-refractivity contribution in [3.63, 3.8) is 0 Å². The number of benzene rings is 1. The first-order valence-electron chi connectivity index (χ1n) is 6.32. The molecule has 0 bridgehead atoms. The number of carbonyl (C=O) groups excluding carboxylic acids is 1. The zero-order valence-electron chi connectivity index (χ0n) is 11.1. The summed E-state index contributed by atoms with van der Waals surface area (Å²) >= 11 is 0. The minimum absolute atomic E-state index is 0.153. The van der Waals surface area contributed by atoms with Gasteiger partial charge in [0, 0.05) is 11.9 Å². The third-order valence-electron chi connectivity index (χ3n) is 2.96. The number of fused-ring (bicyclic) bond motifs is 1. The molecule has 0 saturated heterocycles. The molecule has 0 aliphatic rings. The first-order chi connectivity index (χ1) is 8.59. The fraction of sp³-hybridized carbons (Fsp3) is 0.429. The molecule has 0 fully saturated rings. The maximum Gasteiger partial charge on any atom is 0.342 e. The van der Waals surface area contributed by atoms with Crippen LogP contribution in [0.15, 0.2) is 24.3 Å². The fourth-order valence-corrected chi connectivity index (χ4v) is 1.92. The van der Waals surface area contributed by atoms with Crippen molar-refractivity contribution >= 4 is 16.9 Å². The summed E-state index contributed by atoms with van der Waals surface area (Å²) in [6.45, 7) is 6.88. The molecule has 2 rings (SSSR count). The van der Waals surface area contributed by atoms with E-state index in [9.17, 15) is 4.79 Å². The second-order valence-corrected chi connectivity index (χ2v) is 4.93. The molecule has 0 radical (unpaired) electrons. The summed E-state index contributed by atoms with van der Waals surface area (Å²) in [4.78, 5) is 12.0. The zero-order chi connectivity index (χ0) is 13.1. The summed E-state index contributed by atoms with van der Waals surface area (Å²) in [5.41, 5.74) is 1.74. The van der Waals surface area contributed by atoms with E-state index in [-0.39, 0.29) is 6.03 Å². The summed E-state index contributed by atoms with van der Waals surface area (Å²) in [7, 11) is 0. The van der Waals surface area contributed by atoms with E-state index in [4.69, 9.17) is 0 Å². The van der Waals surface area contributed by atoms with E-state index in [0.29, 0.717) is 12.5 Å². The highest BCUT2D eigenvalue weighted by Crippen LogP contribution is 2.16.